The first-order chi connectivity index (χ1) is 8.82. The van der Waals surface area contributed by atoms with Crippen LogP contribution in [0.25, 0.3) is 0 Å². The summed E-state index contributed by atoms with van der Waals surface area (Å²) in [7, 11) is 0. The van der Waals surface area contributed by atoms with Crippen LogP contribution in [0.4, 0.5) is 13.2 Å². The fraction of sp³-hybridized carbons (Fsp3) is 0.571. The molecule has 0 heterocycles. The largest absolute Gasteiger partial charge is 0.416 e. The number of nitrogens with one attached hydrogen (secondary N) is 1. The average molecular weight is 273 g/mol. The monoisotopic (exact) mass is 273 g/mol. The van der Waals surface area contributed by atoms with Crippen molar-refractivity contribution in [2.75, 3.05) is 6.54 Å². The highest BCUT2D eigenvalue weighted by Gasteiger charge is 2.36. The third-order valence-electron chi connectivity index (χ3n) is 3.75. The van der Waals surface area contributed by atoms with E-state index in [2.05, 4.69) is 5.32 Å². The first-order valence-corrected chi connectivity index (χ1v) is 6.44. The molecule has 1 saturated carbocycles. The second-order valence-electron chi connectivity index (χ2n) is 5.27. The van der Waals surface area contributed by atoms with Gasteiger partial charge in [0.2, 0.25) is 0 Å². The smallest absolute Gasteiger partial charge is 0.389 e. The highest BCUT2D eigenvalue weighted by Crippen LogP contribution is 2.35. The lowest BCUT2D eigenvalue weighted by Gasteiger charge is -2.37. The molecule has 1 fully saturated rings. The second-order valence-corrected chi connectivity index (χ2v) is 5.27. The van der Waals surface area contributed by atoms with E-state index in [0.29, 0.717) is 19.4 Å². The maximum atomic E-state index is 12.9. The van der Waals surface area contributed by atoms with Crippen LogP contribution >= 0.6 is 0 Å². The number of halogens is 3. The van der Waals surface area contributed by atoms with Crippen molar-refractivity contribution in [1.82, 2.24) is 5.32 Å². The molecule has 5 heteroatoms. The van der Waals surface area contributed by atoms with Crippen LogP contribution in [-0.2, 0) is 6.18 Å². The van der Waals surface area contributed by atoms with Crippen molar-refractivity contribution in [3.63, 3.8) is 0 Å². The summed E-state index contributed by atoms with van der Waals surface area (Å²) in [5, 5.41) is 13.0. The number of rotatable bonds is 4. The number of hydrogen-bond acceptors (Lipinski definition) is 2. The molecular formula is C14H18F3NO. The second kappa shape index (κ2) is 5.13. The molecule has 2 nitrogen and oxygen atoms in total. The maximum Gasteiger partial charge on any atom is 0.416 e. The van der Waals surface area contributed by atoms with E-state index in [-0.39, 0.29) is 5.56 Å². The van der Waals surface area contributed by atoms with Gasteiger partial charge in [0.15, 0.2) is 0 Å². The van der Waals surface area contributed by atoms with Gasteiger partial charge in [-0.15, -0.1) is 0 Å². The van der Waals surface area contributed by atoms with Gasteiger partial charge in [0.05, 0.1) is 11.2 Å². The van der Waals surface area contributed by atoms with Crippen LogP contribution in [0, 0.1) is 0 Å². The highest BCUT2D eigenvalue weighted by atomic mass is 19.4. The van der Waals surface area contributed by atoms with Gasteiger partial charge < -0.3 is 10.4 Å². The summed E-state index contributed by atoms with van der Waals surface area (Å²) in [6.45, 7) is 2.02. The molecule has 0 saturated heterocycles. The van der Waals surface area contributed by atoms with Gasteiger partial charge in [0.25, 0.3) is 0 Å². The van der Waals surface area contributed by atoms with E-state index in [1.165, 1.54) is 12.1 Å². The molecule has 1 aliphatic rings. The van der Waals surface area contributed by atoms with Crippen molar-refractivity contribution < 1.29 is 18.3 Å². The van der Waals surface area contributed by atoms with Gasteiger partial charge >= 0.3 is 6.18 Å². The zero-order valence-electron chi connectivity index (χ0n) is 10.8. The quantitative estimate of drug-likeness (QED) is 0.882. The van der Waals surface area contributed by atoms with Crippen LogP contribution in [0.3, 0.4) is 0 Å². The summed E-state index contributed by atoms with van der Waals surface area (Å²) in [6, 6.07) is 5.11. The molecule has 0 aromatic heterocycles. The molecule has 19 heavy (non-hydrogen) atoms. The normalized spacial score (nSPS) is 19.8. The van der Waals surface area contributed by atoms with Crippen LogP contribution < -0.4 is 5.32 Å². The van der Waals surface area contributed by atoms with Gasteiger partial charge in [-0.3, -0.25) is 0 Å². The zero-order valence-corrected chi connectivity index (χ0v) is 10.8. The van der Waals surface area contributed by atoms with E-state index in [0.717, 1.165) is 12.5 Å². The van der Waals surface area contributed by atoms with E-state index < -0.39 is 23.4 Å². The van der Waals surface area contributed by atoms with Crippen molar-refractivity contribution in [2.45, 2.75) is 44.0 Å². The van der Waals surface area contributed by atoms with Gasteiger partial charge in [-0.1, -0.05) is 18.2 Å². The Morgan fingerprint density at radius 3 is 2.47 bits per heavy atom. The minimum Gasteiger partial charge on any atom is -0.389 e. The summed E-state index contributed by atoms with van der Waals surface area (Å²) in [5.41, 5.74) is -1.13. The fourth-order valence-electron chi connectivity index (χ4n) is 2.35. The molecule has 0 amide bonds. The van der Waals surface area contributed by atoms with Crippen LogP contribution in [0.2, 0.25) is 0 Å². The molecule has 0 bridgehead atoms. The molecular weight excluding hydrogens is 255 g/mol. The van der Waals surface area contributed by atoms with Crippen molar-refractivity contribution in [3.8, 4) is 0 Å². The Hall–Kier alpha value is -1.07. The van der Waals surface area contributed by atoms with E-state index in [4.69, 9.17) is 0 Å². The Kier molecular flexibility index (Phi) is 3.87. The van der Waals surface area contributed by atoms with Crippen LogP contribution in [-0.4, -0.2) is 17.3 Å². The number of aliphatic hydroxyl groups is 1. The number of benzene rings is 1. The summed E-state index contributed by atoms with van der Waals surface area (Å²) >= 11 is 0. The molecule has 1 aromatic rings. The molecule has 0 radical (unpaired) electrons. The van der Waals surface area contributed by atoms with Crippen molar-refractivity contribution in [1.29, 1.82) is 0 Å². The molecule has 1 unspecified atom stereocenters. The minimum absolute atomic E-state index is 0.220. The van der Waals surface area contributed by atoms with Gasteiger partial charge in [-0.2, -0.15) is 13.2 Å². The fourth-order valence-corrected chi connectivity index (χ4v) is 2.35. The van der Waals surface area contributed by atoms with Crippen molar-refractivity contribution in [3.05, 3.63) is 35.4 Å². The van der Waals surface area contributed by atoms with Crippen LogP contribution in [0.5, 0.6) is 0 Å². The predicted molar refractivity (Wildman–Crippen MR) is 66.7 cm³/mol. The van der Waals surface area contributed by atoms with Gasteiger partial charge in [0.1, 0.15) is 0 Å². The molecule has 2 rings (SSSR count). The third kappa shape index (κ3) is 3.28. The van der Waals surface area contributed by atoms with E-state index in [1.54, 1.807) is 13.0 Å². The number of hydrogen-bond donors (Lipinski definition) is 2. The Bertz CT molecular complexity index is 441. The SMILES string of the molecule is CC(NCC1(O)CCC1)c1ccccc1C(F)(F)F. The van der Waals surface area contributed by atoms with E-state index in [1.807, 2.05) is 0 Å². The summed E-state index contributed by atoms with van der Waals surface area (Å²) < 4.78 is 38.6. The van der Waals surface area contributed by atoms with Crippen molar-refractivity contribution >= 4 is 0 Å². The topological polar surface area (TPSA) is 32.3 Å². The third-order valence-corrected chi connectivity index (χ3v) is 3.75. The first-order valence-electron chi connectivity index (χ1n) is 6.44. The Morgan fingerprint density at radius 2 is 1.95 bits per heavy atom. The van der Waals surface area contributed by atoms with Crippen LogP contribution in [0.1, 0.15) is 43.4 Å². The van der Waals surface area contributed by atoms with Gasteiger partial charge in [-0.25, -0.2) is 0 Å². The highest BCUT2D eigenvalue weighted by molar-refractivity contribution is 5.32. The number of alkyl halides is 3. The zero-order chi connectivity index (χ0) is 14.1. The molecule has 1 aromatic carbocycles. The Balaban J connectivity index is 2.08. The lowest BCUT2D eigenvalue weighted by Crippen LogP contribution is -2.46. The lowest BCUT2D eigenvalue weighted by molar-refractivity contribution is -0.138. The summed E-state index contributed by atoms with van der Waals surface area (Å²) in [6.07, 6.45) is -1.94. The molecule has 0 aliphatic heterocycles. The molecule has 1 atom stereocenters. The molecule has 1 aliphatic carbocycles. The first kappa shape index (κ1) is 14.3. The molecule has 0 spiro atoms. The molecule has 106 valence electrons. The summed E-state index contributed by atoms with van der Waals surface area (Å²) in [5.74, 6) is 0. The van der Waals surface area contributed by atoms with Gasteiger partial charge in [0, 0.05) is 12.6 Å². The van der Waals surface area contributed by atoms with E-state index in [9.17, 15) is 18.3 Å². The lowest BCUT2D eigenvalue weighted by atomic mass is 9.80. The maximum absolute atomic E-state index is 12.9. The Morgan fingerprint density at radius 1 is 1.32 bits per heavy atom. The predicted octanol–water partition coefficient (Wildman–Crippen LogP) is 3.27. The standard InChI is InChI=1S/C14H18F3NO/c1-10(18-9-13(19)7-4-8-13)11-5-2-3-6-12(11)14(15,16)17/h2-3,5-6,10,18-19H,4,7-9H2,1H3. The van der Waals surface area contributed by atoms with Crippen LogP contribution in [0.15, 0.2) is 24.3 Å². The minimum atomic E-state index is -4.35. The van der Waals surface area contributed by atoms with E-state index >= 15 is 0 Å². The van der Waals surface area contributed by atoms with Crippen molar-refractivity contribution in [2.24, 2.45) is 0 Å². The summed E-state index contributed by atoms with van der Waals surface area (Å²) in [4.78, 5) is 0. The molecule has 2 N–H and O–H groups in total. The van der Waals surface area contributed by atoms with Gasteiger partial charge in [-0.05, 0) is 37.8 Å². The Labute approximate surface area is 110 Å². The average Bonchev–Trinajstić information content (AvgIpc) is 2.32.